The average Bonchev–Trinajstić information content (AvgIpc) is 2.46. The first-order valence-corrected chi connectivity index (χ1v) is 7.61. The molecule has 2 aromatic rings. The second kappa shape index (κ2) is 7.37. The predicted molar refractivity (Wildman–Crippen MR) is 90.3 cm³/mol. The second-order valence-electron chi connectivity index (χ2n) is 5.61. The Kier molecular flexibility index (Phi) is 5.51. The van der Waals surface area contributed by atoms with Crippen molar-refractivity contribution < 1.29 is 4.74 Å². The molecule has 0 unspecified atom stereocenters. The zero-order chi connectivity index (χ0) is 15.2. The standard InChI is InChI=1S/C18H22ClNO/c1-13(2)10-14-4-6-15(7-5-14)12-20-17-11-16(19)8-9-18(17)21-3/h4-9,11,13,20H,10,12H2,1-3H3. The number of hydrogen-bond donors (Lipinski definition) is 1. The molecule has 0 spiro atoms. The summed E-state index contributed by atoms with van der Waals surface area (Å²) in [6, 6.07) is 14.3. The fraction of sp³-hybridized carbons (Fsp3) is 0.333. The molecule has 0 atom stereocenters. The Balaban J connectivity index is 2.01. The first kappa shape index (κ1) is 15.7. The van der Waals surface area contributed by atoms with E-state index in [9.17, 15) is 0 Å². The van der Waals surface area contributed by atoms with E-state index in [4.69, 9.17) is 16.3 Å². The van der Waals surface area contributed by atoms with Crippen molar-refractivity contribution in [1.82, 2.24) is 0 Å². The molecule has 2 rings (SSSR count). The molecule has 112 valence electrons. The Morgan fingerprint density at radius 2 is 1.71 bits per heavy atom. The number of benzene rings is 2. The molecule has 0 aliphatic rings. The van der Waals surface area contributed by atoms with Gasteiger partial charge in [0.2, 0.25) is 0 Å². The Morgan fingerprint density at radius 1 is 1.05 bits per heavy atom. The highest BCUT2D eigenvalue weighted by Crippen LogP contribution is 2.28. The monoisotopic (exact) mass is 303 g/mol. The van der Waals surface area contributed by atoms with Crippen LogP contribution in [0.15, 0.2) is 42.5 Å². The Hall–Kier alpha value is -1.67. The van der Waals surface area contributed by atoms with Crippen LogP contribution in [0, 0.1) is 5.92 Å². The van der Waals surface area contributed by atoms with E-state index >= 15 is 0 Å². The van der Waals surface area contributed by atoms with Gasteiger partial charge in [-0.25, -0.2) is 0 Å². The molecule has 0 heterocycles. The summed E-state index contributed by atoms with van der Waals surface area (Å²) in [5.74, 6) is 1.49. The number of anilines is 1. The van der Waals surface area contributed by atoms with Crippen LogP contribution >= 0.6 is 11.6 Å². The number of nitrogens with one attached hydrogen (secondary N) is 1. The summed E-state index contributed by atoms with van der Waals surface area (Å²) in [5.41, 5.74) is 3.54. The van der Waals surface area contributed by atoms with Crippen molar-refractivity contribution >= 4 is 17.3 Å². The summed E-state index contributed by atoms with van der Waals surface area (Å²) < 4.78 is 5.33. The number of hydrogen-bond acceptors (Lipinski definition) is 2. The average molecular weight is 304 g/mol. The van der Waals surface area contributed by atoms with Crippen LogP contribution in [0.3, 0.4) is 0 Å². The molecule has 2 nitrogen and oxygen atoms in total. The van der Waals surface area contributed by atoms with Crippen LogP contribution < -0.4 is 10.1 Å². The van der Waals surface area contributed by atoms with Gasteiger partial charge in [0.1, 0.15) is 5.75 Å². The predicted octanol–water partition coefficient (Wildman–Crippen LogP) is 5.16. The van der Waals surface area contributed by atoms with Crippen LogP contribution in [-0.2, 0) is 13.0 Å². The molecule has 3 heteroatoms. The van der Waals surface area contributed by atoms with Crippen molar-refractivity contribution in [2.45, 2.75) is 26.8 Å². The first-order valence-electron chi connectivity index (χ1n) is 7.23. The molecule has 0 radical (unpaired) electrons. The highest BCUT2D eigenvalue weighted by atomic mass is 35.5. The summed E-state index contributed by atoms with van der Waals surface area (Å²) in [6.07, 6.45) is 1.12. The number of rotatable bonds is 6. The molecule has 2 aromatic carbocycles. The first-order chi connectivity index (χ1) is 10.1. The maximum Gasteiger partial charge on any atom is 0.142 e. The highest BCUT2D eigenvalue weighted by Gasteiger charge is 2.04. The lowest BCUT2D eigenvalue weighted by Gasteiger charge is -2.12. The second-order valence-corrected chi connectivity index (χ2v) is 6.05. The molecule has 0 saturated carbocycles. The van der Waals surface area contributed by atoms with Crippen LogP contribution in [0.25, 0.3) is 0 Å². The van der Waals surface area contributed by atoms with Crippen LogP contribution in [0.5, 0.6) is 5.75 Å². The molecule has 1 N–H and O–H groups in total. The quantitative estimate of drug-likeness (QED) is 0.796. The molecule has 21 heavy (non-hydrogen) atoms. The zero-order valence-electron chi connectivity index (χ0n) is 12.8. The summed E-state index contributed by atoms with van der Waals surface area (Å²) in [5, 5.41) is 4.07. The van der Waals surface area contributed by atoms with E-state index in [2.05, 4.69) is 43.4 Å². The number of ether oxygens (including phenoxy) is 1. The summed E-state index contributed by atoms with van der Waals surface area (Å²) in [4.78, 5) is 0. The number of methoxy groups -OCH3 is 1. The van der Waals surface area contributed by atoms with Gasteiger partial charge in [-0.1, -0.05) is 49.7 Å². The van der Waals surface area contributed by atoms with Gasteiger partial charge in [-0.2, -0.15) is 0 Å². The molecule has 0 saturated heterocycles. The Morgan fingerprint density at radius 3 is 2.33 bits per heavy atom. The van der Waals surface area contributed by atoms with E-state index in [0.717, 1.165) is 24.4 Å². The third kappa shape index (κ3) is 4.68. The molecule has 0 amide bonds. The topological polar surface area (TPSA) is 21.3 Å². The van der Waals surface area contributed by atoms with Gasteiger partial charge in [0, 0.05) is 11.6 Å². The Bertz CT molecular complexity index is 578. The van der Waals surface area contributed by atoms with Crippen molar-refractivity contribution in [3.8, 4) is 5.75 Å². The SMILES string of the molecule is COc1ccc(Cl)cc1NCc1ccc(CC(C)C)cc1. The van der Waals surface area contributed by atoms with Crippen LogP contribution in [0.1, 0.15) is 25.0 Å². The van der Waals surface area contributed by atoms with E-state index < -0.39 is 0 Å². The van der Waals surface area contributed by atoms with Crippen LogP contribution in [0.2, 0.25) is 5.02 Å². The maximum absolute atomic E-state index is 6.03. The maximum atomic E-state index is 6.03. The van der Waals surface area contributed by atoms with Gasteiger partial charge in [-0.3, -0.25) is 0 Å². The van der Waals surface area contributed by atoms with E-state index in [1.165, 1.54) is 11.1 Å². The van der Waals surface area contributed by atoms with Gasteiger partial charge in [0.15, 0.2) is 0 Å². The minimum absolute atomic E-state index is 0.685. The third-order valence-corrected chi connectivity index (χ3v) is 3.55. The van der Waals surface area contributed by atoms with Crippen molar-refractivity contribution in [3.05, 3.63) is 58.6 Å². The molecular weight excluding hydrogens is 282 g/mol. The van der Waals surface area contributed by atoms with Gasteiger partial charge in [-0.05, 0) is 41.7 Å². The molecule has 0 fully saturated rings. The molecular formula is C18H22ClNO. The zero-order valence-corrected chi connectivity index (χ0v) is 13.6. The fourth-order valence-corrected chi connectivity index (χ4v) is 2.45. The third-order valence-electron chi connectivity index (χ3n) is 3.31. The molecule has 0 aromatic heterocycles. The van der Waals surface area contributed by atoms with Crippen molar-refractivity contribution in [2.24, 2.45) is 5.92 Å². The summed E-state index contributed by atoms with van der Waals surface area (Å²) in [7, 11) is 1.66. The van der Waals surface area contributed by atoms with Gasteiger partial charge >= 0.3 is 0 Å². The summed E-state index contributed by atoms with van der Waals surface area (Å²) >= 11 is 6.03. The van der Waals surface area contributed by atoms with Gasteiger partial charge < -0.3 is 10.1 Å². The molecule has 0 aliphatic carbocycles. The van der Waals surface area contributed by atoms with Crippen molar-refractivity contribution in [1.29, 1.82) is 0 Å². The minimum Gasteiger partial charge on any atom is -0.495 e. The van der Waals surface area contributed by atoms with Gasteiger partial charge in [0.05, 0.1) is 12.8 Å². The van der Waals surface area contributed by atoms with Gasteiger partial charge in [-0.15, -0.1) is 0 Å². The lowest BCUT2D eigenvalue weighted by molar-refractivity contribution is 0.416. The lowest BCUT2D eigenvalue weighted by atomic mass is 10.0. The normalized spacial score (nSPS) is 10.7. The van der Waals surface area contributed by atoms with Crippen LogP contribution in [-0.4, -0.2) is 7.11 Å². The van der Waals surface area contributed by atoms with E-state index in [-0.39, 0.29) is 0 Å². The summed E-state index contributed by atoms with van der Waals surface area (Å²) in [6.45, 7) is 5.22. The smallest absolute Gasteiger partial charge is 0.142 e. The highest BCUT2D eigenvalue weighted by molar-refractivity contribution is 6.30. The van der Waals surface area contributed by atoms with E-state index in [1.54, 1.807) is 7.11 Å². The largest absolute Gasteiger partial charge is 0.495 e. The van der Waals surface area contributed by atoms with Gasteiger partial charge in [0.25, 0.3) is 0 Å². The molecule has 0 aliphatic heterocycles. The van der Waals surface area contributed by atoms with E-state index in [0.29, 0.717) is 10.9 Å². The molecule has 0 bridgehead atoms. The Labute approximate surface area is 132 Å². The van der Waals surface area contributed by atoms with E-state index in [1.807, 2.05) is 18.2 Å². The number of halogens is 1. The minimum atomic E-state index is 0.685. The lowest BCUT2D eigenvalue weighted by Crippen LogP contribution is -2.02. The van der Waals surface area contributed by atoms with Crippen molar-refractivity contribution in [2.75, 3.05) is 12.4 Å². The van der Waals surface area contributed by atoms with Crippen molar-refractivity contribution in [3.63, 3.8) is 0 Å². The van der Waals surface area contributed by atoms with Crippen LogP contribution in [0.4, 0.5) is 5.69 Å². The fourth-order valence-electron chi connectivity index (χ4n) is 2.28.